The van der Waals surface area contributed by atoms with Crippen molar-refractivity contribution in [1.82, 2.24) is 10.6 Å². The second-order valence-corrected chi connectivity index (χ2v) is 8.01. The molecule has 0 bridgehead atoms. The lowest BCUT2D eigenvalue weighted by atomic mass is 9.81. The third-order valence-electron chi connectivity index (χ3n) is 4.19. The lowest BCUT2D eigenvalue weighted by molar-refractivity contribution is 0.0151. The summed E-state index contributed by atoms with van der Waals surface area (Å²) in [7, 11) is 0. The molecule has 1 aliphatic carbocycles. The van der Waals surface area contributed by atoms with Crippen LogP contribution in [0.1, 0.15) is 47.0 Å². The molecule has 4 nitrogen and oxygen atoms in total. The van der Waals surface area contributed by atoms with Gasteiger partial charge in [0, 0.05) is 23.3 Å². The fourth-order valence-corrected chi connectivity index (χ4v) is 3.63. The SMILES string of the molecule is CS[C@@H]1CC[C@H](NC(=O)NCC(C)(C)[C@@H](O)C(C)C)C1. The Morgan fingerprint density at radius 2 is 2.05 bits per heavy atom. The van der Waals surface area contributed by atoms with Crippen molar-refractivity contribution in [3.8, 4) is 0 Å². The molecule has 1 fully saturated rings. The number of aliphatic hydroxyl groups excluding tert-OH is 1. The summed E-state index contributed by atoms with van der Waals surface area (Å²) < 4.78 is 0. The molecule has 0 aromatic carbocycles. The van der Waals surface area contributed by atoms with E-state index in [0.717, 1.165) is 12.8 Å². The van der Waals surface area contributed by atoms with E-state index in [1.807, 2.05) is 39.5 Å². The minimum atomic E-state index is -0.421. The molecule has 0 radical (unpaired) electrons. The molecular weight excluding hydrogens is 272 g/mol. The van der Waals surface area contributed by atoms with Gasteiger partial charge >= 0.3 is 6.03 Å². The molecule has 3 atom stereocenters. The molecule has 1 saturated carbocycles. The van der Waals surface area contributed by atoms with Crippen LogP contribution in [0.5, 0.6) is 0 Å². The fourth-order valence-electron chi connectivity index (χ4n) is 2.84. The van der Waals surface area contributed by atoms with Crippen LogP contribution >= 0.6 is 11.8 Å². The summed E-state index contributed by atoms with van der Waals surface area (Å²) in [6, 6.07) is 0.186. The summed E-state index contributed by atoms with van der Waals surface area (Å²) in [5.41, 5.74) is -0.316. The van der Waals surface area contributed by atoms with E-state index in [1.165, 1.54) is 6.42 Å². The van der Waals surface area contributed by atoms with Crippen molar-refractivity contribution >= 4 is 17.8 Å². The van der Waals surface area contributed by atoms with Gasteiger partial charge in [-0.25, -0.2) is 4.79 Å². The second kappa shape index (κ2) is 7.55. The number of carbonyl (C=O) groups excluding carboxylic acids is 1. The summed E-state index contributed by atoms with van der Waals surface area (Å²) >= 11 is 1.88. The molecule has 0 aromatic rings. The number of hydrogen-bond acceptors (Lipinski definition) is 3. The first kappa shape index (κ1) is 17.6. The van der Waals surface area contributed by atoms with E-state index in [4.69, 9.17) is 0 Å². The van der Waals surface area contributed by atoms with E-state index in [9.17, 15) is 9.90 Å². The van der Waals surface area contributed by atoms with Gasteiger partial charge in [-0.2, -0.15) is 11.8 Å². The van der Waals surface area contributed by atoms with Gasteiger partial charge in [-0.3, -0.25) is 0 Å². The molecule has 0 heterocycles. The Hall–Kier alpha value is -0.420. The predicted molar refractivity (Wildman–Crippen MR) is 86.1 cm³/mol. The van der Waals surface area contributed by atoms with Crippen molar-refractivity contribution in [2.45, 2.75) is 64.4 Å². The molecule has 0 spiro atoms. The van der Waals surface area contributed by atoms with Gasteiger partial charge in [-0.15, -0.1) is 0 Å². The van der Waals surface area contributed by atoms with Crippen LogP contribution in [-0.2, 0) is 0 Å². The van der Waals surface area contributed by atoms with Crippen LogP contribution in [0.3, 0.4) is 0 Å². The molecular formula is C15H30N2O2S. The largest absolute Gasteiger partial charge is 0.392 e. The highest BCUT2D eigenvalue weighted by Gasteiger charge is 2.31. The number of thioether (sulfide) groups is 1. The Labute approximate surface area is 127 Å². The number of hydrogen-bond donors (Lipinski definition) is 3. The standard InChI is InChI=1S/C15H30N2O2S/c1-10(2)13(18)15(3,4)9-16-14(19)17-11-6-7-12(8-11)20-5/h10-13,18H,6-9H2,1-5H3,(H2,16,17,19)/t11-,12+,13-/m0/s1. The lowest BCUT2D eigenvalue weighted by Crippen LogP contribution is -2.48. The Morgan fingerprint density at radius 1 is 1.40 bits per heavy atom. The maximum Gasteiger partial charge on any atom is 0.315 e. The first-order valence-corrected chi connectivity index (χ1v) is 8.80. The van der Waals surface area contributed by atoms with E-state index in [2.05, 4.69) is 16.9 Å². The highest BCUT2D eigenvalue weighted by molar-refractivity contribution is 7.99. The van der Waals surface area contributed by atoms with Crippen LogP contribution in [0.15, 0.2) is 0 Å². The van der Waals surface area contributed by atoms with Gasteiger partial charge < -0.3 is 15.7 Å². The molecule has 0 saturated heterocycles. The Bertz CT molecular complexity index is 321. The number of urea groups is 1. The zero-order chi connectivity index (χ0) is 15.3. The van der Waals surface area contributed by atoms with Gasteiger partial charge in [0.15, 0.2) is 0 Å². The van der Waals surface area contributed by atoms with Crippen molar-refractivity contribution in [2.24, 2.45) is 11.3 Å². The van der Waals surface area contributed by atoms with Gasteiger partial charge in [-0.1, -0.05) is 27.7 Å². The van der Waals surface area contributed by atoms with Gasteiger partial charge in [0.25, 0.3) is 0 Å². The van der Waals surface area contributed by atoms with Gasteiger partial charge in [0.1, 0.15) is 0 Å². The smallest absolute Gasteiger partial charge is 0.315 e. The zero-order valence-electron chi connectivity index (χ0n) is 13.4. The Kier molecular flexibility index (Phi) is 6.65. The highest BCUT2D eigenvalue weighted by atomic mass is 32.2. The Balaban J connectivity index is 2.33. The number of rotatable bonds is 6. The quantitative estimate of drug-likeness (QED) is 0.707. The summed E-state index contributed by atoms with van der Waals surface area (Å²) in [6.45, 7) is 8.44. The highest BCUT2D eigenvalue weighted by Crippen LogP contribution is 2.28. The van der Waals surface area contributed by atoms with Crippen LogP contribution in [0.4, 0.5) is 4.79 Å². The molecule has 20 heavy (non-hydrogen) atoms. The van der Waals surface area contributed by atoms with Crippen molar-refractivity contribution < 1.29 is 9.90 Å². The minimum absolute atomic E-state index is 0.110. The van der Waals surface area contributed by atoms with Crippen LogP contribution in [-0.4, -0.2) is 41.3 Å². The maximum absolute atomic E-state index is 11.9. The molecule has 5 heteroatoms. The summed E-state index contributed by atoms with van der Waals surface area (Å²) in [5, 5.41) is 16.8. The third kappa shape index (κ3) is 5.17. The number of carbonyl (C=O) groups is 1. The molecule has 0 aromatic heterocycles. The summed E-state index contributed by atoms with van der Waals surface area (Å²) in [6.07, 6.45) is 5.02. The third-order valence-corrected chi connectivity index (χ3v) is 5.28. The van der Waals surface area contributed by atoms with Crippen LogP contribution in [0.25, 0.3) is 0 Å². The van der Waals surface area contributed by atoms with Crippen molar-refractivity contribution in [3.05, 3.63) is 0 Å². The Morgan fingerprint density at radius 3 is 2.55 bits per heavy atom. The number of aliphatic hydroxyl groups is 1. The molecule has 2 amide bonds. The van der Waals surface area contributed by atoms with Gasteiger partial charge in [0.2, 0.25) is 0 Å². The minimum Gasteiger partial charge on any atom is -0.392 e. The van der Waals surface area contributed by atoms with Crippen molar-refractivity contribution in [2.75, 3.05) is 12.8 Å². The summed E-state index contributed by atoms with van der Waals surface area (Å²) in [4.78, 5) is 11.9. The van der Waals surface area contributed by atoms with E-state index < -0.39 is 6.10 Å². The first-order valence-electron chi connectivity index (χ1n) is 7.51. The molecule has 0 unspecified atom stereocenters. The van der Waals surface area contributed by atoms with Crippen LogP contribution in [0, 0.1) is 11.3 Å². The first-order chi connectivity index (χ1) is 9.26. The average Bonchev–Trinajstić information content (AvgIpc) is 2.83. The van der Waals surface area contributed by atoms with E-state index in [0.29, 0.717) is 17.8 Å². The predicted octanol–water partition coefficient (Wildman–Crippen LogP) is 2.61. The van der Waals surface area contributed by atoms with Crippen molar-refractivity contribution in [1.29, 1.82) is 0 Å². The topological polar surface area (TPSA) is 61.4 Å². The summed E-state index contributed by atoms with van der Waals surface area (Å²) in [5.74, 6) is 0.187. The van der Waals surface area contributed by atoms with E-state index in [1.54, 1.807) is 0 Å². The molecule has 1 aliphatic rings. The van der Waals surface area contributed by atoms with Crippen LogP contribution < -0.4 is 10.6 Å². The number of amides is 2. The average molecular weight is 302 g/mol. The maximum atomic E-state index is 11.9. The van der Waals surface area contributed by atoms with Gasteiger partial charge in [0.05, 0.1) is 6.10 Å². The normalized spacial score (nSPS) is 24.8. The monoisotopic (exact) mass is 302 g/mol. The fraction of sp³-hybridized carbons (Fsp3) is 0.933. The molecule has 1 rings (SSSR count). The lowest BCUT2D eigenvalue weighted by Gasteiger charge is -2.33. The van der Waals surface area contributed by atoms with E-state index in [-0.39, 0.29) is 17.4 Å². The molecule has 118 valence electrons. The van der Waals surface area contributed by atoms with Crippen LogP contribution in [0.2, 0.25) is 0 Å². The van der Waals surface area contributed by atoms with E-state index >= 15 is 0 Å². The van der Waals surface area contributed by atoms with Gasteiger partial charge in [-0.05, 0) is 31.4 Å². The molecule has 3 N–H and O–H groups in total. The second-order valence-electron chi connectivity index (χ2n) is 6.87. The molecule has 0 aliphatic heterocycles. The zero-order valence-corrected chi connectivity index (χ0v) is 14.2. The van der Waals surface area contributed by atoms with Crippen molar-refractivity contribution in [3.63, 3.8) is 0 Å². The number of nitrogens with one attached hydrogen (secondary N) is 2.